The summed E-state index contributed by atoms with van der Waals surface area (Å²) in [6.45, 7) is 2.03. The van der Waals surface area contributed by atoms with Gasteiger partial charge in [-0.3, -0.25) is 0 Å². The van der Waals surface area contributed by atoms with Gasteiger partial charge in [0.1, 0.15) is 0 Å². The minimum Gasteiger partial charge on any atom is -0.503 e. The van der Waals surface area contributed by atoms with Crippen LogP contribution in [0, 0.1) is 0 Å². The molecule has 15 heavy (non-hydrogen) atoms. The van der Waals surface area contributed by atoms with Crippen molar-refractivity contribution >= 4 is 35.7 Å². The molecular weight excluding hydrogens is 308 g/mol. The summed E-state index contributed by atoms with van der Waals surface area (Å²) in [5.41, 5.74) is 0. The molecule has 0 aliphatic carbocycles. The van der Waals surface area contributed by atoms with Crippen LogP contribution < -0.4 is 4.74 Å². The largest absolute Gasteiger partial charge is 0.503 e. The molecule has 1 aromatic carbocycles. The molecule has 1 N–H and O–H groups in total. The van der Waals surface area contributed by atoms with Crippen molar-refractivity contribution in [2.75, 3.05) is 6.61 Å². The van der Waals surface area contributed by atoms with Crippen LogP contribution in [0.25, 0.3) is 0 Å². The Bertz CT molecular complexity index is 472. The van der Waals surface area contributed by atoms with Crippen LogP contribution in [0.5, 0.6) is 11.5 Å². The van der Waals surface area contributed by atoms with Crippen LogP contribution in [0.2, 0.25) is 0 Å². The summed E-state index contributed by atoms with van der Waals surface area (Å²) in [5.74, 6) is -0.0768. The predicted octanol–water partition coefficient (Wildman–Crippen LogP) is 2.48. The molecule has 4 nitrogen and oxygen atoms in total. The van der Waals surface area contributed by atoms with E-state index in [4.69, 9.17) is 15.4 Å². The molecule has 0 fully saturated rings. The third-order valence-corrected chi connectivity index (χ3v) is 3.52. The fourth-order valence-electron chi connectivity index (χ4n) is 0.956. The molecule has 0 aromatic heterocycles. The quantitative estimate of drug-likeness (QED) is 0.870. The first kappa shape index (κ1) is 12.6. The van der Waals surface area contributed by atoms with Crippen molar-refractivity contribution < 1.29 is 18.3 Å². The Labute approximate surface area is 100 Å². The summed E-state index contributed by atoms with van der Waals surface area (Å²) < 4.78 is 27.4. The summed E-state index contributed by atoms with van der Waals surface area (Å²) in [5, 5.41) is 9.51. The van der Waals surface area contributed by atoms with Crippen LogP contribution in [0.4, 0.5) is 0 Å². The Morgan fingerprint density at radius 1 is 1.53 bits per heavy atom. The van der Waals surface area contributed by atoms with Crippen LogP contribution >= 0.6 is 26.6 Å². The zero-order valence-corrected chi connectivity index (χ0v) is 10.9. The fourth-order valence-corrected chi connectivity index (χ4v) is 2.32. The SMILES string of the molecule is CCOc1cc(S(=O)(=O)Cl)cc(Br)c1O. The molecule has 0 heterocycles. The molecule has 0 bridgehead atoms. The topological polar surface area (TPSA) is 63.6 Å². The van der Waals surface area contributed by atoms with E-state index in [1.54, 1.807) is 6.92 Å². The fraction of sp³-hybridized carbons (Fsp3) is 0.250. The normalized spacial score (nSPS) is 11.4. The van der Waals surface area contributed by atoms with Crippen molar-refractivity contribution in [3.05, 3.63) is 16.6 Å². The Kier molecular flexibility index (Phi) is 3.86. The van der Waals surface area contributed by atoms with E-state index in [0.717, 1.165) is 0 Å². The Hall–Kier alpha value is -0.460. The predicted molar refractivity (Wildman–Crippen MR) is 60.0 cm³/mol. The molecule has 0 unspecified atom stereocenters. The van der Waals surface area contributed by atoms with E-state index < -0.39 is 9.05 Å². The molecule has 0 saturated heterocycles. The molecule has 7 heteroatoms. The lowest BCUT2D eigenvalue weighted by molar-refractivity contribution is 0.316. The highest BCUT2D eigenvalue weighted by atomic mass is 79.9. The number of benzene rings is 1. The highest BCUT2D eigenvalue weighted by Gasteiger charge is 2.16. The van der Waals surface area contributed by atoms with Crippen molar-refractivity contribution in [1.29, 1.82) is 0 Å². The first-order valence-electron chi connectivity index (χ1n) is 3.96. The van der Waals surface area contributed by atoms with Gasteiger partial charge in [0.05, 0.1) is 16.0 Å². The van der Waals surface area contributed by atoms with Gasteiger partial charge in [0.2, 0.25) is 0 Å². The number of aromatic hydroxyl groups is 1. The van der Waals surface area contributed by atoms with Crippen LogP contribution in [0.15, 0.2) is 21.5 Å². The second-order valence-corrected chi connectivity index (χ2v) is 6.04. The van der Waals surface area contributed by atoms with Gasteiger partial charge in [0.25, 0.3) is 9.05 Å². The average Bonchev–Trinajstić information content (AvgIpc) is 2.11. The molecule has 0 radical (unpaired) electrons. The van der Waals surface area contributed by atoms with E-state index in [2.05, 4.69) is 15.9 Å². The lowest BCUT2D eigenvalue weighted by atomic mass is 10.3. The molecule has 0 aliphatic rings. The number of rotatable bonds is 3. The van der Waals surface area contributed by atoms with E-state index in [1.165, 1.54) is 12.1 Å². The van der Waals surface area contributed by atoms with Gasteiger partial charge in [-0.25, -0.2) is 8.42 Å². The van der Waals surface area contributed by atoms with Gasteiger partial charge in [0.15, 0.2) is 11.5 Å². The highest BCUT2D eigenvalue weighted by Crippen LogP contribution is 2.37. The average molecular weight is 316 g/mol. The van der Waals surface area contributed by atoms with Crippen LogP contribution in [0.3, 0.4) is 0 Å². The van der Waals surface area contributed by atoms with Gasteiger partial charge in [-0.2, -0.15) is 0 Å². The number of hydrogen-bond acceptors (Lipinski definition) is 4. The van der Waals surface area contributed by atoms with Gasteiger partial charge in [-0.05, 0) is 28.9 Å². The molecular formula is C8H8BrClO4S. The Balaban J connectivity index is 3.36. The molecule has 0 saturated carbocycles. The van der Waals surface area contributed by atoms with Crippen LogP contribution in [0.1, 0.15) is 6.92 Å². The Morgan fingerprint density at radius 2 is 2.13 bits per heavy atom. The first-order chi connectivity index (χ1) is 6.86. The summed E-state index contributed by atoms with van der Waals surface area (Å²) in [7, 11) is 1.34. The molecule has 0 spiro atoms. The van der Waals surface area contributed by atoms with Crippen molar-refractivity contribution in [1.82, 2.24) is 0 Å². The number of hydrogen-bond donors (Lipinski definition) is 1. The monoisotopic (exact) mass is 314 g/mol. The molecule has 0 aliphatic heterocycles. The third-order valence-electron chi connectivity index (χ3n) is 1.58. The van der Waals surface area contributed by atoms with E-state index in [1.807, 2.05) is 0 Å². The van der Waals surface area contributed by atoms with Crippen molar-refractivity contribution in [2.24, 2.45) is 0 Å². The third kappa shape index (κ3) is 2.99. The molecule has 0 atom stereocenters. The summed E-state index contributed by atoms with van der Waals surface area (Å²) in [6.07, 6.45) is 0. The summed E-state index contributed by atoms with van der Waals surface area (Å²) >= 11 is 3.01. The van der Waals surface area contributed by atoms with Crippen molar-refractivity contribution in [3.8, 4) is 11.5 Å². The number of ether oxygens (including phenoxy) is 1. The molecule has 1 rings (SSSR count). The maximum atomic E-state index is 11.1. The smallest absolute Gasteiger partial charge is 0.261 e. The van der Waals surface area contributed by atoms with Crippen molar-refractivity contribution in [3.63, 3.8) is 0 Å². The second-order valence-electron chi connectivity index (χ2n) is 2.62. The van der Waals surface area contributed by atoms with E-state index in [0.29, 0.717) is 6.61 Å². The van der Waals surface area contributed by atoms with Gasteiger partial charge in [-0.15, -0.1) is 0 Å². The van der Waals surface area contributed by atoms with E-state index in [-0.39, 0.29) is 20.9 Å². The minimum absolute atomic E-state index is 0.0751. The first-order valence-corrected chi connectivity index (χ1v) is 7.06. The van der Waals surface area contributed by atoms with E-state index >= 15 is 0 Å². The van der Waals surface area contributed by atoms with Gasteiger partial charge in [-0.1, -0.05) is 0 Å². The highest BCUT2D eigenvalue weighted by molar-refractivity contribution is 9.10. The zero-order valence-electron chi connectivity index (χ0n) is 7.70. The number of phenolic OH excluding ortho intramolecular Hbond substituents is 1. The molecule has 0 amide bonds. The zero-order chi connectivity index (χ0) is 11.6. The van der Waals surface area contributed by atoms with Gasteiger partial charge < -0.3 is 9.84 Å². The maximum absolute atomic E-state index is 11.1. The number of phenols is 1. The lowest BCUT2D eigenvalue weighted by Crippen LogP contribution is -1.96. The number of halogens is 2. The maximum Gasteiger partial charge on any atom is 0.261 e. The summed E-state index contributed by atoms with van der Waals surface area (Å²) in [6, 6.07) is 2.38. The van der Waals surface area contributed by atoms with Gasteiger partial charge >= 0.3 is 0 Å². The molecule has 1 aromatic rings. The van der Waals surface area contributed by atoms with Crippen LogP contribution in [-0.4, -0.2) is 20.1 Å². The standard InChI is InChI=1S/C8H8BrClO4S/c1-2-14-7-4-5(15(10,12)13)3-6(9)8(7)11/h3-4,11H,2H2,1H3. The summed E-state index contributed by atoms with van der Waals surface area (Å²) in [4.78, 5) is -0.128. The minimum atomic E-state index is -3.83. The lowest BCUT2D eigenvalue weighted by Gasteiger charge is -2.08. The van der Waals surface area contributed by atoms with Gasteiger partial charge in [0, 0.05) is 16.7 Å². The Morgan fingerprint density at radius 3 is 2.60 bits per heavy atom. The van der Waals surface area contributed by atoms with Crippen molar-refractivity contribution in [2.45, 2.75) is 11.8 Å². The van der Waals surface area contributed by atoms with E-state index in [9.17, 15) is 13.5 Å². The van der Waals surface area contributed by atoms with Crippen LogP contribution in [-0.2, 0) is 9.05 Å². The second kappa shape index (κ2) is 4.59. The molecule has 84 valence electrons.